The Bertz CT molecular complexity index is 1450. The lowest BCUT2D eigenvalue weighted by Gasteiger charge is -2.09. The SMILES string of the molecule is COc1cccc(-c2nn(-c3ccccc3)cc2C(=O)Nc2ccc(-n3ccnc3)c(F)c2)c1. The molecule has 1 N–H and O–H groups in total. The summed E-state index contributed by atoms with van der Waals surface area (Å²) in [6.45, 7) is 0. The first kappa shape index (κ1) is 21.1. The van der Waals surface area contributed by atoms with Gasteiger partial charge in [-0.2, -0.15) is 5.10 Å². The Balaban J connectivity index is 1.51. The van der Waals surface area contributed by atoms with Crippen LogP contribution >= 0.6 is 0 Å². The molecule has 2 heterocycles. The zero-order valence-corrected chi connectivity index (χ0v) is 18.2. The van der Waals surface area contributed by atoms with Crippen molar-refractivity contribution in [2.45, 2.75) is 0 Å². The van der Waals surface area contributed by atoms with E-state index in [4.69, 9.17) is 4.74 Å². The molecule has 34 heavy (non-hydrogen) atoms. The second kappa shape index (κ2) is 9.03. The monoisotopic (exact) mass is 453 g/mol. The summed E-state index contributed by atoms with van der Waals surface area (Å²) in [4.78, 5) is 17.2. The Morgan fingerprint density at radius 2 is 1.88 bits per heavy atom. The van der Waals surface area contributed by atoms with E-state index in [1.165, 1.54) is 12.4 Å². The second-order valence-electron chi connectivity index (χ2n) is 7.49. The fourth-order valence-corrected chi connectivity index (χ4v) is 3.63. The predicted molar refractivity (Wildman–Crippen MR) is 127 cm³/mol. The minimum absolute atomic E-state index is 0.329. The first-order valence-corrected chi connectivity index (χ1v) is 10.5. The van der Waals surface area contributed by atoms with Crippen LogP contribution in [0.4, 0.5) is 10.1 Å². The Morgan fingerprint density at radius 3 is 2.62 bits per heavy atom. The van der Waals surface area contributed by atoms with E-state index < -0.39 is 11.7 Å². The topological polar surface area (TPSA) is 74.0 Å². The van der Waals surface area contributed by atoms with Gasteiger partial charge in [0.2, 0.25) is 0 Å². The maximum absolute atomic E-state index is 14.7. The molecule has 2 aromatic heterocycles. The highest BCUT2D eigenvalue weighted by Gasteiger charge is 2.20. The molecule has 1 amide bonds. The van der Waals surface area contributed by atoms with Gasteiger partial charge in [-0.1, -0.05) is 30.3 Å². The van der Waals surface area contributed by atoms with Gasteiger partial charge >= 0.3 is 0 Å². The van der Waals surface area contributed by atoms with Gasteiger partial charge in [0.05, 0.1) is 30.4 Å². The van der Waals surface area contributed by atoms with Crippen LogP contribution in [0.5, 0.6) is 5.75 Å². The quantitative estimate of drug-likeness (QED) is 0.387. The van der Waals surface area contributed by atoms with E-state index in [-0.39, 0.29) is 0 Å². The summed E-state index contributed by atoms with van der Waals surface area (Å²) in [6.07, 6.45) is 6.39. The first-order chi connectivity index (χ1) is 16.6. The molecule has 0 aliphatic rings. The van der Waals surface area contributed by atoms with Gasteiger partial charge < -0.3 is 14.6 Å². The molecule has 0 aliphatic carbocycles. The molecule has 0 radical (unpaired) electrons. The van der Waals surface area contributed by atoms with Gasteiger partial charge in [-0.25, -0.2) is 14.1 Å². The molecule has 0 spiro atoms. The average molecular weight is 453 g/mol. The van der Waals surface area contributed by atoms with E-state index in [1.54, 1.807) is 47.1 Å². The number of para-hydroxylation sites is 1. The van der Waals surface area contributed by atoms with Crippen molar-refractivity contribution in [3.8, 4) is 28.4 Å². The molecular formula is C26H20FN5O2. The van der Waals surface area contributed by atoms with Gasteiger partial charge in [0.1, 0.15) is 17.3 Å². The summed E-state index contributed by atoms with van der Waals surface area (Å²) in [5.74, 6) is -0.242. The third kappa shape index (κ3) is 4.16. The number of hydrogen-bond acceptors (Lipinski definition) is 4. The number of nitrogens with one attached hydrogen (secondary N) is 1. The number of aromatic nitrogens is 4. The van der Waals surface area contributed by atoms with E-state index in [0.717, 1.165) is 11.3 Å². The van der Waals surface area contributed by atoms with Gasteiger partial charge in [-0.3, -0.25) is 4.79 Å². The van der Waals surface area contributed by atoms with E-state index in [2.05, 4.69) is 15.4 Å². The van der Waals surface area contributed by atoms with Crippen LogP contribution in [0.2, 0.25) is 0 Å². The molecule has 0 aliphatic heterocycles. The third-order valence-corrected chi connectivity index (χ3v) is 5.31. The van der Waals surface area contributed by atoms with Crippen LogP contribution in [0.15, 0.2) is 97.7 Å². The maximum Gasteiger partial charge on any atom is 0.259 e. The van der Waals surface area contributed by atoms with E-state index in [0.29, 0.717) is 28.4 Å². The van der Waals surface area contributed by atoms with Crippen molar-refractivity contribution in [1.82, 2.24) is 19.3 Å². The summed E-state index contributed by atoms with van der Waals surface area (Å²) in [7, 11) is 1.58. The van der Waals surface area contributed by atoms with Crippen LogP contribution in [-0.4, -0.2) is 32.3 Å². The van der Waals surface area contributed by atoms with Crippen LogP contribution in [0.1, 0.15) is 10.4 Å². The minimum Gasteiger partial charge on any atom is -0.497 e. The molecule has 5 rings (SSSR count). The number of carbonyl (C=O) groups is 1. The number of anilines is 1. The summed E-state index contributed by atoms with van der Waals surface area (Å²) in [6, 6.07) is 21.3. The highest BCUT2D eigenvalue weighted by molar-refractivity contribution is 6.08. The number of benzene rings is 3. The van der Waals surface area contributed by atoms with Crippen molar-refractivity contribution in [3.05, 3.63) is 109 Å². The number of ether oxygens (including phenoxy) is 1. The van der Waals surface area contributed by atoms with Crippen molar-refractivity contribution < 1.29 is 13.9 Å². The van der Waals surface area contributed by atoms with Gasteiger partial charge in [0.25, 0.3) is 5.91 Å². The van der Waals surface area contributed by atoms with E-state index in [1.807, 2.05) is 54.6 Å². The molecule has 0 fully saturated rings. The van der Waals surface area contributed by atoms with Crippen molar-refractivity contribution in [3.63, 3.8) is 0 Å². The van der Waals surface area contributed by atoms with E-state index in [9.17, 15) is 9.18 Å². The van der Waals surface area contributed by atoms with Gasteiger partial charge in [-0.15, -0.1) is 0 Å². The molecule has 0 atom stereocenters. The number of halogens is 1. The lowest BCUT2D eigenvalue weighted by molar-refractivity contribution is 0.102. The Kier molecular flexibility index (Phi) is 5.61. The smallest absolute Gasteiger partial charge is 0.259 e. The van der Waals surface area contributed by atoms with Crippen molar-refractivity contribution in [2.24, 2.45) is 0 Å². The van der Waals surface area contributed by atoms with Gasteiger partial charge in [-0.05, 0) is 42.5 Å². The normalized spacial score (nSPS) is 10.8. The summed E-state index contributed by atoms with van der Waals surface area (Å²) < 4.78 is 23.2. The maximum atomic E-state index is 14.7. The largest absolute Gasteiger partial charge is 0.497 e. The summed E-state index contributed by atoms with van der Waals surface area (Å²) in [5, 5.41) is 7.46. The number of carbonyl (C=O) groups excluding carboxylic acids is 1. The van der Waals surface area contributed by atoms with Crippen molar-refractivity contribution in [2.75, 3.05) is 12.4 Å². The number of nitrogens with zero attached hydrogens (tertiary/aromatic N) is 4. The molecule has 8 heteroatoms. The van der Waals surface area contributed by atoms with Crippen LogP contribution in [-0.2, 0) is 0 Å². The van der Waals surface area contributed by atoms with Crippen molar-refractivity contribution >= 4 is 11.6 Å². The first-order valence-electron chi connectivity index (χ1n) is 10.5. The molecule has 0 unspecified atom stereocenters. The molecular weight excluding hydrogens is 433 g/mol. The van der Waals surface area contributed by atoms with Crippen LogP contribution < -0.4 is 10.1 Å². The van der Waals surface area contributed by atoms with E-state index >= 15 is 0 Å². The van der Waals surface area contributed by atoms with Gasteiger partial charge in [0, 0.05) is 29.8 Å². The lowest BCUT2D eigenvalue weighted by Crippen LogP contribution is -2.13. The number of amides is 1. The predicted octanol–water partition coefficient (Wildman–Crippen LogP) is 5.13. The van der Waals surface area contributed by atoms with Crippen LogP contribution in [0, 0.1) is 5.82 Å². The van der Waals surface area contributed by atoms with Crippen LogP contribution in [0.3, 0.4) is 0 Å². The Hall–Kier alpha value is -4.72. The molecule has 0 bridgehead atoms. The zero-order chi connectivity index (χ0) is 23.5. The molecule has 0 saturated carbocycles. The molecule has 7 nitrogen and oxygen atoms in total. The van der Waals surface area contributed by atoms with Gasteiger partial charge in [0.15, 0.2) is 0 Å². The number of rotatable bonds is 6. The summed E-state index contributed by atoms with van der Waals surface area (Å²) >= 11 is 0. The standard InChI is InChI=1S/C26H20FN5O2/c1-34-21-9-5-6-18(14-21)25-22(16-32(30-25)20-7-3-2-4-8-20)26(33)29-19-10-11-24(23(27)15-19)31-13-12-28-17-31/h2-17H,1H3,(H,29,33). The highest BCUT2D eigenvalue weighted by Crippen LogP contribution is 2.28. The molecule has 168 valence electrons. The highest BCUT2D eigenvalue weighted by atomic mass is 19.1. The zero-order valence-electron chi connectivity index (χ0n) is 18.2. The number of hydrogen-bond donors (Lipinski definition) is 1. The second-order valence-corrected chi connectivity index (χ2v) is 7.49. The molecule has 3 aromatic carbocycles. The van der Waals surface area contributed by atoms with Crippen LogP contribution in [0.25, 0.3) is 22.6 Å². The molecule has 0 saturated heterocycles. The fraction of sp³-hybridized carbons (Fsp3) is 0.0385. The third-order valence-electron chi connectivity index (χ3n) is 5.31. The Morgan fingerprint density at radius 1 is 1.03 bits per heavy atom. The lowest BCUT2D eigenvalue weighted by atomic mass is 10.1. The van der Waals surface area contributed by atoms with Crippen molar-refractivity contribution in [1.29, 1.82) is 0 Å². The minimum atomic E-state index is -0.483. The Labute approximate surface area is 195 Å². The summed E-state index contributed by atoms with van der Waals surface area (Å²) in [5.41, 5.74) is 3.02. The number of methoxy groups -OCH3 is 1. The average Bonchev–Trinajstić information content (AvgIpc) is 3.56. The molecule has 5 aromatic rings. The fourth-order valence-electron chi connectivity index (χ4n) is 3.63. The number of imidazole rings is 1.